The minimum absolute atomic E-state index is 1.13. The molecule has 0 aromatic heterocycles. The van der Waals surface area contributed by atoms with Crippen LogP contribution in [0.2, 0.25) is 0 Å². The fourth-order valence-electron chi connectivity index (χ4n) is 4.91. The van der Waals surface area contributed by atoms with Gasteiger partial charge in [-0.05, 0) is 83.3 Å². The van der Waals surface area contributed by atoms with Gasteiger partial charge in [0.25, 0.3) is 0 Å². The van der Waals surface area contributed by atoms with Gasteiger partial charge in [-0.3, -0.25) is 0 Å². The third-order valence-corrected chi connectivity index (χ3v) is 8.25. The predicted octanol–water partition coefficient (Wildman–Crippen LogP) is 11.8. The Morgan fingerprint density at radius 3 is 0.838 bits per heavy atom. The van der Waals surface area contributed by atoms with Crippen molar-refractivity contribution < 1.29 is 0 Å². The van der Waals surface area contributed by atoms with Crippen LogP contribution < -0.4 is 0 Å². The summed E-state index contributed by atoms with van der Waals surface area (Å²) in [5.74, 6) is 0. The zero-order chi connectivity index (χ0) is 25.7. The lowest BCUT2D eigenvalue weighted by Crippen LogP contribution is -1.88. The molecule has 0 saturated heterocycles. The highest BCUT2D eigenvalue weighted by Crippen LogP contribution is 2.24. The van der Waals surface area contributed by atoms with Crippen LogP contribution in [-0.2, 0) is 12.8 Å². The van der Waals surface area contributed by atoms with Gasteiger partial charge in [-0.25, -0.2) is 0 Å². The van der Waals surface area contributed by atoms with Crippen molar-refractivity contribution in [1.29, 1.82) is 0 Å². The van der Waals surface area contributed by atoms with Gasteiger partial charge in [0.15, 0.2) is 0 Å². The molecule has 0 spiro atoms. The molecular weight excluding hydrogens is 580 g/mol. The molecule has 0 fully saturated rings. The number of benzene rings is 4. The number of hydrogen-bond donors (Lipinski definition) is 0. The molecule has 192 valence electrons. The van der Waals surface area contributed by atoms with Gasteiger partial charge >= 0.3 is 0 Å². The molecule has 0 aliphatic carbocycles. The smallest absolute Gasteiger partial charge is 0.0175 e. The monoisotopic (exact) mass is 616 g/mol. The van der Waals surface area contributed by atoms with E-state index in [-0.39, 0.29) is 0 Å². The first-order valence-electron chi connectivity index (χ1n) is 13.9. The van der Waals surface area contributed by atoms with Crippen LogP contribution in [0.15, 0.2) is 106 Å². The van der Waals surface area contributed by atoms with Crippen molar-refractivity contribution in [3.63, 3.8) is 0 Å². The van der Waals surface area contributed by atoms with E-state index < -0.39 is 0 Å². The molecular formula is C35H38Br2. The Bertz CT molecular complexity index is 1080. The van der Waals surface area contributed by atoms with E-state index in [1.165, 1.54) is 104 Å². The minimum Gasteiger partial charge on any atom is -0.0584 e. The Balaban J connectivity index is 1.00. The Morgan fingerprint density at radius 2 is 0.541 bits per heavy atom. The van der Waals surface area contributed by atoms with Gasteiger partial charge in [0.05, 0.1) is 0 Å². The van der Waals surface area contributed by atoms with E-state index in [0.29, 0.717) is 0 Å². The summed E-state index contributed by atoms with van der Waals surface area (Å²) in [6.07, 6.45) is 14.6. The van der Waals surface area contributed by atoms with Gasteiger partial charge in [0.1, 0.15) is 0 Å². The zero-order valence-corrected chi connectivity index (χ0v) is 24.9. The van der Waals surface area contributed by atoms with Gasteiger partial charge in [-0.15, -0.1) is 0 Å². The van der Waals surface area contributed by atoms with E-state index >= 15 is 0 Å². The van der Waals surface area contributed by atoms with Crippen molar-refractivity contribution in [2.75, 3.05) is 0 Å². The fourth-order valence-corrected chi connectivity index (χ4v) is 5.44. The van der Waals surface area contributed by atoms with Gasteiger partial charge in [0, 0.05) is 8.95 Å². The molecule has 4 aromatic carbocycles. The molecule has 4 rings (SSSR count). The Morgan fingerprint density at radius 1 is 0.297 bits per heavy atom. The Hall–Kier alpha value is -2.16. The first kappa shape index (κ1) is 27.9. The van der Waals surface area contributed by atoms with Crippen molar-refractivity contribution in [3.05, 3.63) is 117 Å². The molecule has 0 aliphatic heterocycles. The van der Waals surface area contributed by atoms with Crippen LogP contribution in [0.3, 0.4) is 0 Å². The Labute approximate surface area is 240 Å². The summed E-state index contributed by atoms with van der Waals surface area (Å²) in [5, 5.41) is 0. The summed E-state index contributed by atoms with van der Waals surface area (Å²) < 4.78 is 2.26. The van der Waals surface area contributed by atoms with E-state index in [2.05, 4.69) is 129 Å². The number of hydrogen-bond acceptors (Lipinski definition) is 0. The second-order valence-corrected chi connectivity index (χ2v) is 11.9. The zero-order valence-electron chi connectivity index (χ0n) is 21.8. The number of unbranched alkanes of at least 4 members (excludes halogenated alkanes) is 8. The Kier molecular flexibility index (Phi) is 11.5. The van der Waals surface area contributed by atoms with Crippen molar-refractivity contribution in [2.24, 2.45) is 0 Å². The number of aryl methyl sites for hydroxylation is 2. The average Bonchev–Trinajstić information content (AvgIpc) is 2.93. The van der Waals surface area contributed by atoms with Crippen LogP contribution >= 0.6 is 31.9 Å². The number of halogens is 2. The van der Waals surface area contributed by atoms with Gasteiger partial charge in [0.2, 0.25) is 0 Å². The lowest BCUT2D eigenvalue weighted by Gasteiger charge is -2.06. The average molecular weight is 618 g/mol. The predicted molar refractivity (Wildman–Crippen MR) is 168 cm³/mol. The van der Waals surface area contributed by atoms with Crippen LogP contribution in [0.1, 0.15) is 68.9 Å². The first-order chi connectivity index (χ1) is 18.2. The minimum atomic E-state index is 1.13. The van der Waals surface area contributed by atoms with Crippen molar-refractivity contribution in [3.8, 4) is 22.3 Å². The normalized spacial score (nSPS) is 11.1. The molecule has 0 atom stereocenters. The summed E-state index contributed by atoms with van der Waals surface area (Å²) in [4.78, 5) is 0. The SMILES string of the molecule is Brc1ccc(-c2ccc(CCCCCCCCCCCc3ccc(-c4ccc(Br)cc4)cc3)cc2)cc1. The largest absolute Gasteiger partial charge is 0.0584 e. The van der Waals surface area contributed by atoms with Gasteiger partial charge < -0.3 is 0 Å². The summed E-state index contributed by atoms with van der Waals surface area (Å²) in [6, 6.07) is 35.3. The third-order valence-electron chi connectivity index (χ3n) is 7.19. The van der Waals surface area contributed by atoms with E-state index in [1.807, 2.05) is 0 Å². The van der Waals surface area contributed by atoms with Gasteiger partial charge in [-0.2, -0.15) is 0 Å². The summed E-state index contributed by atoms with van der Waals surface area (Å²) in [5.41, 5.74) is 8.08. The number of rotatable bonds is 14. The van der Waals surface area contributed by atoms with Gasteiger partial charge in [-0.1, -0.05) is 150 Å². The molecule has 0 bridgehead atoms. The van der Waals surface area contributed by atoms with Crippen LogP contribution in [0.5, 0.6) is 0 Å². The second kappa shape index (κ2) is 15.3. The van der Waals surface area contributed by atoms with Crippen molar-refractivity contribution in [1.82, 2.24) is 0 Å². The molecule has 0 heterocycles. The molecule has 0 amide bonds. The van der Waals surface area contributed by atoms with Crippen molar-refractivity contribution in [2.45, 2.75) is 70.6 Å². The summed E-state index contributed by atoms with van der Waals surface area (Å²) >= 11 is 7.02. The van der Waals surface area contributed by atoms with E-state index in [0.717, 1.165) is 8.95 Å². The van der Waals surface area contributed by atoms with E-state index in [4.69, 9.17) is 0 Å². The maximum absolute atomic E-state index is 3.51. The molecule has 2 heteroatoms. The summed E-state index contributed by atoms with van der Waals surface area (Å²) in [6.45, 7) is 0. The third kappa shape index (κ3) is 9.58. The lowest BCUT2D eigenvalue weighted by atomic mass is 10.00. The van der Waals surface area contributed by atoms with Crippen LogP contribution in [0, 0.1) is 0 Å². The van der Waals surface area contributed by atoms with E-state index in [1.54, 1.807) is 0 Å². The molecule has 0 radical (unpaired) electrons. The van der Waals surface area contributed by atoms with Crippen LogP contribution in [-0.4, -0.2) is 0 Å². The molecule has 0 aliphatic rings. The maximum Gasteiger partial charge on any atom is 0.0175 e. The first-order valence-corrected chi connectivity index (χ1v) is 15.5. The lowest BCUT2D eigenvalue weighted by molar-refractivity contribution is 0.558. The highest BCUT2D eigenvalue weighted by Gasteiger charge is 2.01. The highest BCUT2D eigenvalue weighted by molar-refractivity contribution is 9.10. The second-order valence-electron chi connectivity index (χ2n) is 10.1. The quantitative estimate of drug-likeness (QED) is 0.123. The molecule has 4 aromatic rings. The topological polar surface area (TPSA) is 0 Å². The van der Waals surface area contributed by atoms with Crippen molar-refractivity contribution >= 4 is 31.9 Å². The van der Waals surface area contributed by atoms with E-state index in [9.17, 15) is 0 Å². The molecule has 0 unspecified atom stereocenters. The fraction of sp³-hybridized carbons (Fsp3) is 0.314. The molecule has 0 saturated carbocycles. The maximum atomic E-state index is 3.51. The molecule has 0 N–H and O–H groups in total. The van der Waals surface area contributed by atoms with Crippen LogP contribution in [0.4, 0.5) is 0 Å². The van der Waals surface area contributed by atoms with Crippen LogP contribution in [0.25, 0.3) is 22.3 Å². The summed E-state index contributed by atoms with van der Waals surface area (Å²) in [7, 11) is 0. The highest BCUT2D eigenvalue weighted by atomic mass is 79.9. The molecule has 37 heavy (non-hydrogen) atoms. The molecule has 0 nitrogen and oxygen atoms in total. The standard InChI is InChI=1S/C35H38Br2/c36-34-24-20-32(21-25-34)30-16-12-28(13-17-30)10-8-6-4-2-1-3-5-7-9-11-29-14-18-31(19-15-29)33-22-26-35(37)27-23-33/h12-27H,1-11H2.